The van der Waals surface area contributed by atoms with Gasteiger partial charge in [0.15, 0.2) is 0 Å². The van der Waals surface area contributed by atoms with Gasteiger partial charge in [-0.25, -0.2) is 21.6 Å². The molecule has 4 rings (SSSR count). The third kappa shape index (κ3) is 5.99. The monoisotopic (exact) mass is 529 g/mol. The molecular weight excluding hydrogens is 498 g/mol. The van der Waals surface area contributed by atoms with E-state index in [1.165, 1.54) is 28.6 Å². The van der Waals surface area contributed by atoms with Crippen molar-refractivity contribution in [3.63, 3.8) is 0 Å². The number of hydrogen-bond acceptors (Lipinski definition) is 6. The van der Waals surface area contributed by atoms with Crippen molar-refractivity contribution < 1.29 is 21.6 Å². The Labute approximate surface area is 208 Å². The van der Waals surface area contributed by atoms with E-state index in [1.54, 1.807) is 0 Å². The fourth-order valence-corrected chi connectivity index (χ4v) is 7.33. The van der Waals surface area contributed by atoms with Crippen LogP contribution in [0.25, 0.3) is 0 Å². The van der Waals surface area contributed by atoms with Crippen molar-refractivity contribution in [3.05, 3.63) is 60.2 Å². The highest BCUT2D eigenvalue weighted by molar-refractivity contribution is 7.89. The zero-order chi connectivity index (χ0) is 23.5. The second-order valence-electron chi connectivity index (χ2n) is 8.50. The first-order valence-electron chi connectivity index (χ1n) is 11.3. The number of halogens is 1. The van der Waals surface area contributed by atoms with Gasteiger partial charge in [-0.1, -0.05) is 30.3 Å². The number of benzene rings is 2. The molecule has 0 radical (unpaired) electrons. The highest BCUT2D eigenvalue weighted by atomic mass is 35.5. The van der Waals surface area contributed by atoms with Crippen LogP contribution >= 0.6 is 12.4 Å². The fraction of sp³-hybridized carbons (Fsp3) is 0.478. The number of hydrogen-bond donors (Lipinski definition) is 1. The number of nitrogens with zero attached hydrogens (tertiary/aromatic N) is 2. The first-order valence-corrected chi connectivity index (χ1v) is 14.2. The molecule has 2 unspecified atom stereocenters. The van der Waals surface area contributed by atoms with Crippen LogP contribution in [0.2, 0.25) is 0 Å². The maximum Gasteiger partial charge on any atom is 0.243 e. The van der Waals surface area contributed by atoms with Gasteiger partial charge in [0.25, 0.3) is 0 Å². The van der Waals surface area contributed by atoms with Crippen molar-refractivity contribution in [2.24, 2.45) is 0 Å². The molecule has 2 atom stereocenters. The predicted octanol–water partition coefficient (Wildman–Crippen LogP) is 2.63. The van der Waals surface area contributed by atoms with Crippen molar-refractivity contribution >= 4 is 32.5 Å². The lowest BCUT2D eigenvalue weighted by molar-refractivity contribution is 0.0105. The summed E-state index contributed by atoms with van der Waals surface area (Å²) in [6, 6.07) is 14.8. The third-order valence-electron chi connectivity index (χ3n) is 6.23. The van der Waals surface area contributed by atoms with Crippen molar-refractivity contribution in [1.82, 2.24) is 13.9 Å². The first kappa shape index (κ1) is 27.1. The smallest absolute Gasteiger partial charge is 0.243 e. The Morgan fingerprint density at radius 3 is 1.97 bits per heavy atom. The minimum Gasteiger partial charge on any atom is -0.379 e. The van der Waals surface area contributed by atoms with Gasteiger partial charge < -0.3 is 4.74 Å². The summed E-state index contributed by atoms with van der Waals surface area (Å²) < 4.78 is 61.5. The van der Waals surface area contributed by atoms with Gasteiger partial charge in [0.2, 0.25) is 20.0 Å². The lowest BCUT2D eigenvalue weighted by atomic mass is 9.99. The van der Waals surface area contributed by atoms with Gasteiger partial charge in [-0.15, -0.1) is 12.4 Å². The molecule has 188 valence electrons. The topological polar surface area (TPSA) is 96.0 Å². The molecule has 0 aromatic heterocycles. The number of ether oxygens (including phenoxy) is 1. The second-order valence-corrected chi connectivity index (χ2v) is 12.1. The summed E-state index contributed by atoms with van der Waals surface area (Å²) >= 11 is 0. The number of morpholine rings is 1. The van der Waals surface area contributed by atoms with Crippen molar-refractivity contribution in [1.29, 1.82) is 0 Å². The van der Waals surface area contributed by atoms with Crippen molar-refractivity contribution in [3.8, 4) is 0 Å². The van der Waals surface area contributed by atoms with E-state index in [-0.39, 0.29) is 28.2 Å². The number of sulfonamides is 2. The van der Waals surface area contributed by atoms with Gasteiger partial charge in [0.05, 0.1) is 29.0 Å². The second kappa shape index (κ2) is 11.5. The van der Waals surface area contributed by atoms with Crippen LogP contribution in [0.1, 0.15) is 31.4 Å². The average Bonchev–Trinajstić information content (AvgIpc) is 3.36. The van der Waals surface area contributed by atoms with Crippen LogP contribution in [0.5, 0.6) is 0 Å². The highest BCUT2D eigenvalue weighted by Gasteiger charge is 2.31. The predicted molar refractivity (Wildman–Crippen MR) is 133 cm³/mol. The van der Waals surface area contributed by atoms with Gasteiger partial charge in [0, 0.05) is 32.2 Å². The molecule has 0 aliphatic carbocycles. The van der Waals surface area contributed by atoms with Crippen LogP contribution in [0.4, 0.5) is 0 Å². The molecule has 2 aromatic rings. The molecular formula is C23H32ClN3O5S2. The van der Waals surface area contributed by atoms with Gasteiger partial charge in [0.1, 0.15) is 0 Å². The van der Waals surface area contributed by atoms with Gasteiger partial charge >= 0.3 is 0 Å². The molecule has 11 heteroatoms. The summed E-state index contributed by atoms with van der Waals surface area (Å²) in [5.74, 6) is 0. The van der Waals surface area contributed by atoms with E-state index in [9.17, 15) is 16.8 Å². The molecule has 0 saturated carbocycles. The molecule has 2 fully saturated rings. The average molecular weight is 530 g/mol. The molecule has 34 heavy (non-hydrogen) atoms. The summed E-state index contributed by atoms with van der Waals surface area (Å²) in [6.07, 6.45) is 1.69. The van der Waals surface area contributed by atoms with E-state index in [0.29, 0.717) is 39.4 Å². The Morgan fingerprint density at radius 2 is 1.38 bits per heavy atom. The molecule has 0 amide bonds. The summed E-state index contributed by atoms with van der Waals surface area (Å²) in [5, 5.41) is 0. The molecule has 2 aliphatic rings. The van der Waals surface area contributed by atoms with Crippen LogP contribution in [0.15, 0.2) is 64.4 Å². The van der Waals surface area contributed by atoms with Crippen LogP contribution in [0.3, 0.4) is 0 Å². The lowest BCUT2D eigenvalue weighted by Crippen LogP contribution is -2.48. The summed E-state index contributed by atoms with van der Waals surface area (Å²) in [4.78, 5) is 2.40. The standard InChI is InChI=1S/C23H31N3O5S2.ClH/c1-19(23(20-7-3-2-4-8-20)25-15-17-31-18-16-25)24-32(27,28)21-9-11-22(12-10-21)33(29,30)26-13-5-6-14-26;/h2-4,7-12,19,23-24H,5-6,13-18H2,1H3;1H. The highest BCUT2D eigenvalue weighted by Crippen LogP contribution is 2.27. The molecule has 2 aliphatic heterocycles. The van der Waals surface area contributed by atoms with Crippen molar-refractivity contribution in [2.45, 2.75) is 41.6 Å². The molecule has 0 bridgehead atoms. The summed E-state index contributed by atoms with van der Waals surface area (Å²) in [7, 11) is -7.44. The Hall–Kier alpha value is -1.53. The summed E-state index contributed by atoms with van der Waals surface area (Å²) in [6.45, 7) is 5.51. The quantitative estimate of drug-likeness (QED) is 0.565. The van der Waals surface area contributed by atoms with Gasteiger partial charge in [-0.05, 0) is 49.6 Å². The Morgan fingerprint density at radius 1 is 0.824 bits per heavy atom. The number of nitrogens with one attached hydrogen (secondary N) is 1. The lowest BCUT2D eigenvalue weighted by Gasteiger charge is -2.38. The first-order chi connectivity index (χ1) is 15.8. The molecule has 2 aromatic carbocycles. The zero-order valence-electron chi connectivity index (χ0n) is 19.2. The van der Waals surface area contributed by atoms with E-state index >= 15 is 0 Å². The fourth-order valence-electron chi connectivity index (χ4n) is 4.57. The largest absolute Gasteiger partial charge is 0.379 e. The molecule has 2 saturated heterocycles. The van der Waals surface area contributed by atoms with E-state index in [1.807, 2.05) is 37.3 Å². The van der Waals surface area contributed by atoms with Gasteiger partial charge in [-0.2, -0.15) is 4.31 Å². The van der Waals surface area contributed by atoms with Crippen LogP contribution < -0.4 is 4.72 Å². The zero-order valence-corrected chi connectivity index (χ0v) is 21.6. The molecule has 1 N–H and O–H groups in total. The molecule has 0 spiro atoms. The van der Waals surface area contributed by atoms with E-state index < -0.39 is 26.1 Å². The minimum absolute atomic E-state index is 0. The molecule has 8 nitrogen and oxygen atoms in total. The number of rotatable bonds is 8. The van der Waals surface area contributed by atoms with E-state index in [0.717, 1.165) is 18.4 Å². The van der Waals surface area contributed by atoms with Gasteiger partial charge in [-0.3, -0.25) is 4.90 Å². The third-order valence-corrected chi connectivity index (χ3v) is 9.72. The Kier molecular flexibility index (Phi) is 9.13. The summed E-state index contributed by atoms with van der Waals surface area (Å²) in [5.41, 5.74) is 1.03. The maximum absolute atomic E-state index is 13.2. The van der Waals surface area contributed by atoms with Crippen LogP contribution in [0, 0.1) is 0 Å². The van der Waals surface area contributed by atoms with Crippen LogP contribution in [-0.4, -0.2) is 71.5 Å². The Bertz CT molecular complexity index is 1130. The van der Waals surface area contributed by atoms with E-state index in [2.05, 4.69) is 9.62 Å². The Balaban J connectivity index is 0.00000324. The minimum atomic E-state index is -3.85. The molecule has 2 heterocycles. The van der Waals surface area contributed by atoms with Crippen LogP contribution in [-0.2, 0) is 24.8 Å². The SMILES string of the molecule is CC(NS(=O)(=O)c1ccc(S(=O)(=O)N2CCCC2)cc1)C(c1ccccc1)N1CCOCC1.Cl. The van der Waals surface area contributed by atoms with E-state index in [4.69, 9.17) is 4.74 Å². The normalized spacial score (nSPS) is 19.9. The van der Waals surface area contributed by atoms with Crippen molar-refractivity contribution in [2.75, 3.05) is 39.4 Å². The maximum atomic E-state index is 13.2.